The van der Waals surface area contributed by atoms with Gasteiger partial charge in [0.25, 0.3) is 0 Å². The Morgan fingerprint density at radius 3 is 2.10 bits per heavy atom. The lowest BCUT2D eigenvalue weighted by Crippen LogP contribution is -2.58. The minimum Gasteiger partial charge on any atom is -0.480 e. The van der Waals surface area contributed by atoms with Crippen LogP contribution in [0.2, 0.25) is 0 Å². The number of carboxylic acids is 1. The smallest absolute Gasteiger partial charge is 0.325 e. The highest BCUT2D eigenvalue weighted by molar-refractivity contribution is 5.86. The molecule has 0 saturated carbocycles. The zero-order valence-corrected chi connectivity index (χ0v) is 12.9. The largest absolute Gasteiger partial charge is 0.480 e. The molecule has 1 amide bonds. The molecule has 0 aliphatic carbocycles. The van der Waals surface area contributed by atoms with Gasteiger partial charge in [-0.2, -0.15) is 0 Å². The van der Waals surface area contributed by atoms with Crippen molar-refractivity contribution in [3.63, 3.8) is 0 Å². The van der Waals surface area contributed by atoms with Crippen molar-refractivity contribution in [2.75, 3.05) is 13.1 Å². The van der Waals surface area contributed by atoms with Crippen LogP contribution in [-0.2, 0) is 14.3 Å². The van der Waals surface area contributed by atoms with Gasteiger partial charge >= 0.3 is 5.97 Å². The normalized spacial score (nSPS) is 27.1. The van der Waals surface area contributed by atoms with Crippen molar-refractivity contribution in [2.45, 2.75) is 58.9 Å². The number of morpholine rings is 1. The monoisotopic (exact) mass is 286 g/mol. The highest BCUT2D eigenvalue weighted by Gasteiger charge is 2.35. The van der Waals surface area contributed by atoms with Crippen LogP contribution in [0.1, 0.15) is 34.6 Å². The van der Waals surface area contributed by atoms with Gasteiger partial charge in [-0.15, -0.1) is 0 Å². The molecule has 0 radical (unpaired) electrons. The van der Waals surface area contributed by atoms with E-state index in [1.165, 1.54) is 6.92 Å². The highest BCUT2D eigenvalue weighted by atomic mass is 16.5. The van der Waals surface area contributed by atoms with Gasteiger partial charge in [0.1, 0.15) is 6.04 Å². The summed E-state index contributed by atoms with van der Waals surface area (Å²) in [7, 11) is 0. The van der Waals surface area contributed by atoms with E-state index in [4.69, 9.17) is 9.84 Å². The van der Waals surface area contributed by atoms with Crippen LogP contribution in [0.15, 0.2) is 0 Å². The number of hydrogen-bond donors (Lipinski definition) is 2. The second kappa shape index (κ2) is 7.04. The molecule has 0 aromatic heterocycles. The molecule has 1 aliphatic heterocycles. The highest BCUT2D eigenvalue weighted by Crippen LogP contribution is 2.18. The second-order valence-electron chi connectivity index (χ2n) is 5.97. The van der Waals surface area contributed by atoms with E-state index in [0.717, 1.165) is 0 Å². The third kappa shape index (κ3) is 4.45. The molecule has 20 heavy (non-hydrogen) atoms. The first-order valence-corrected chi connectivity index (χ1v) is 7.15. The minimum absolute atomic E-state index is 0.0738. The van der Waals surface area contributed by atoms with Gasteiger partial charge in [-0.3, -0.25) is 14.5 Å². The number of rotatable bonds is 5. The number of ether oxygens (including phenoxy) is 1. The molecule has 1 aliphatic rings. The van der Waals surface area contributed by atoms with Crippen molar-refractivity contribution >= 4 is 11.9 Å². The number of amides is 1. The lowest BCUT2D eigenvalue weighted by Gasteiger charge is -2.41. The number of nitrogens with zero attached hydrogens (tertiary/aromatic N) is 1. The zero-order valence-electron chi connectivity index (χ0n) is 12.9. The summed E-state index contributed by atoms with van der Waals surface area (Å²) >= 11 is 0. The molecule has 4 atom stereocenters. The average Bonchev–Trinajstić information content (AvgIpc) is 2.26. The van der Waals surface area contributed by atoms with Crippen LogP contribution >= 0.6 is 0 Å². The number of nitrogens with one attached hydrogen (secondary N) is 1. The third-order valence-corrected chi connectivity index (χ3v) is 3.47. The predicted molar refractivity (Wildman–Crippen MR) is 75.4 cm³/mol. The Kier molecular flexibility index (Phi) is 5.95. The van der Waals surface area contributed by atoms with Crippen molar-refractivity contribution < 1.29 is 19.4 Å². The van der Waals surface area contributed by atoms with Crippen molar-refractivity contribution in [1.29, 1.82) is 0 Å². The number of hydrogen-bond acceptors (Lipinski definition) is 4. The predicted octanol–water partition coefficient (Wildman–Crippen LogP) is 0.710. The van der Waals surface area contributed by atoms with Gasteiger partial charge < -0.3 is 15.2 Å². The van der Waals surface area contributed by atoms with Crippen LogP contribution in [-0.4, -0.2) is 59.3 Å². The second-order valence-corrected chi connectivity index (χ2v) is 5.97. The van der Waals surface area contributed by atoms with Gasteiger partial charge in [0.15, 0.2) is 0 Å². The van der Waals surface area contributed by atoms with Gasteiger partial charge in [-0.05, 0) is 26.7 Å². The molecule has 6 nitrogen and oxygen atoms in total. The van der Waals surface area contributed by atoms with Crippen LogP contribution in [0.4, 0.5) is 0 Å². The number of carbonyl (C=O) groups excluding carboxylic acids is 1. The first kappa shape index (κ1) is 16.9. The van der Waals surface area contributed by atoms with E-state index in [1.54, 1.807) is 0 Å². The molecular formula is C14H26N2O4. The van der Waals surface area contributed by atoms with E-state index in [0.29, 0.717) is 13.1 Å². The number of aliphatic carboxylic acids is 1. The van der Waals surface area contributed by atoms with Crippen molar-refractivity contribution in [1.82, 2.24) is 10.2 Å². The Hall–Kier alpha value is -1.14. The number of carbonyl (C=O) groups is 2. The van der Waals surface area contributed by atoms with Gasteiger partial charge in [0.05, 0.1) is 18.2 Å². The van der Waals surface area contributed by atoms with E-state index in [-0.39, 0.29) is 30.1 Å². The van der Waals surface area contributed by atoms with Crippen molar-refractivity contribution in [2.24, 2.45) is 5.92 Å². The molecule has 0 bridgehead atoms. The molecule has 0 spiro atoms. The maximum absolute atomic E-state index is 12.4. The summed E-state index contributed by atoms with van der Waals surface area (Å²) in [6, 6.07) is -1.20. The minimum atomic E-state index is -1.02. The Morgan fingerprint density at radius 2 is 1.70 bits per heavy atom. The maximum atomic E-state index is 12.4. The van der Waals surface area contributed by atoms with Gasteiger partial charge in [-0.1, -0.05) is 13.8 Å². The van der Waals surface area contributed by atoms with E-state index in [1.807, 2.05) is 27.7 Å². The van der Waals surface area contributed by atoms with Crippen LogP contribution in [0.3, 0.4) is 0 Å². The Morgan fingerprint density at radius 1 is 1.20 bits per heavy atom. The van der Waals surface area contributed by atoms with Gasteiger partial charge in [-0.25, -0.2) is 0 Å². The van der Waals surface area contributed by atoms with E-state index in [9.17, 15) is 9.59 Å². The summed E-state index contributed by atoms with van der Waals surface area (Å²) in [4.78, 5) is 25.3. The summed E-state index contributed by atoms with van der Waals surface area (Å²) in [5.41, 5.74) is 0. The zero-order chi connectivity index (χ0) is 15.4. The Labute approximate surface area is 120 Å². The van der Waals surface area contributed by atoms with Crippen molar-refractivity contribution in [3.05, 3.63) is 0 Å². The summed E-state index contributed by atoms with van der Waals surface area (Å²) < 4.78 is 5.68. The molecule has 1 saturated heterocycles. The van der Waals surface area contributed by atoms with E-state index >= 15 is 0 Å². The summed E-state index contributed by atoms with van der Waals surface area (Å²) in [6.07, 6.45) is 0.148. The molecule has 1 heterocycles. The molecular weight excluding hydrogens is 260 g/mol. The standard InChI is InChI=1S/C14H26N2O4/c1-8(2)12(13(17)15-11(5)14(18)19)16-6-9(3)20-10(4)7-16/h8-12H,6-7H2,1-5H3,(H,15,17)(H,18,19)/t9?,10?,11-,12?/m1/s1. The summed E-state index contributed by atoms with van der Waals surface area (Å²) in [5.74, 6) is -1.14. The molecule has 1 rings (SSSR count). The van der Waals surface area contributed by atoms with Crippen molar-refractivity contribution in [3.8, 4) is 0 Å². The van der Waals surface area contributed by atoms with Crippen LogP contribution in [0, 0.1) is 5.92 Å². The fraction of sp³-hybridized carbons (Fsp3) is 0.857. The van der Waals surface area contributed by atoms with Gasteiger partial charge in [0, 0.05) is 13.1 Å². The number of carboxylic acid groups (broad SMARTS) is 1. The van der Waals surface area contributed by atoms with Crippen LogP contribution in [0.25, 0.3) is 0 Å². The molecule has 6 heteroatoms. The summed E-state index contributed by atoms with van der Waals surface area (Å²) in [5, 5.41) is 11.5. The maximum Gasteiger partial charge on any atom is 0.325 e. The first-order valence-electron chi connectivity index (χ1n) is 7.15. The quantitative estimate of drug-likeness (QED) is 0.778. The molecule has 2 N–H and O–H groups in total. The Balaban J connectivity index is 2.77. The SMILES string of the molecule is CC1CN(C(C(=O)N[C@H](C)C(=O)O)C(C)C)CC(C)O1. The van der Waals surface area contributed by atoms with Crippen LogP contribution in [0.5, 0.6) is 0 Å². The third-order valence-electron chi connectivity index (χ3n) is 3.47. The summed E-state index contributed by atoms with van der Waals surface area (Å²) in [6.45, 7) is 10.8. The van der Waals surface area contributed by atoms with E-state index < -0.39 is 12.0 Å². The Bertz CT molecular complexity index is 349. The lowest BCUT2D eigenvalue weighted by molar-refractivity contribution is -0.144. The topological polar surface area (TPSA) is 78.9 Å². The fourth-order valence-electron chi connectivity index (χ4n) is 2.70. The lowest BCUT2D eigenvalue weighted by atomic mass is 9.99. The van der Waals surface area contributed by atoms with E-state index in [2.05, 4.69) is 10.2 Å². The molecule has 1 fully saturated rings. The van der Waals surface area contributed by atoms with Crippen LogP contribution < -0.4 is 5.32 Å². The molecule has 116 valence electrons. The van der Waals surface area contributed by atoms with Gasteiger partial charge in [0.2, 0.25) is 5.91 Å². The molecule has 0 aromatic carbocycles. The fourth-order valence-corrected chi connectivity index (χ4v) is 2.70. The molecule has 0 aromatic rings. The first-order chi connectivity index (χ1) is 9.22. The average molecular weight is 286 g/mol. The molecule has 3 unspecified atom stereocenters.